The first-order chi connectivity index (χ1) is 6.65. The highest BCUT2D eigenvalue weighted by molar-refractivity contribution is 4.96. The van der Waals surface area contributed by atoms with E-state index in [4.69, 9.17) is 0 Å². The van der Waals surface area contributed by atoms with Gasteiger partial charge in [0.1, 0.15) is 0 Å². The maximum absolute atomic E-state index is 10.6. The molecule has 0 aromatic carbocycles. The second-order valence-electron chi connectivity index (χ2n) is 5.20. The molecule has 2 heteroatoms. The average molecular weight is 197 g/mol. The first kappa shape index (κ1) is 10.4. The van der Waals surface area contributed by atoms with Crippen LogP contribution in [0.25, 0.3) is 0 Å². The minimum Gasteiger partial charge on any atom is -0.390 e. The molecule has 2 nitrogen and oxygen atoms in total. The van der Waals surface area contributed by atoms with Gasteiger partial charge in [0, 0.05) is 12.6 Å². The van der Waals surface area contributed by atoms with Crippen molar-refractivity contribution < 1.29 is 5.11 Å². The number of nitrogens with zero attached hydrogens (tertiary/aromatic N) is 1. The van der Waals surface area contributed by atoms with Crippen molar-refractivity contribution in [3.05, 3.63) is 0 Å². The molecule has 0 aliphatic carbocycles. The monoisotopic (exact) mass is 197 g/mol. The Morgan fingerprint density at radius 3 is 3.00 bits per heavy atom. The first-order valence-electron chi connectivity index (χ1n) is 6.12. The van der Waals surface area contributed by atoms with Crippen molar-refractivity contribution >= 4 is 0 Å². The number of aliphatic hydroxyl groups is 1. The third kappa shape index (κ3) is 1.70. The molecule has 2 aliphatic rings. The maximum Gasteiger partial charge on any atom is 0.0700 e. The molecule has 2 fully saturated rings. The van der Waals surface area contributed by atoms with Crippen LogP contribution in [0.5, 0.6) is 0 Å². The Bertz CT molecular complexity index is 206. The van der Waals surface area contributed by atoms with E-state index >= 15 is 0 Å². The van der Waals surface area contributed by atoms with Gasteiger partial charge >= 0.3 is 0 Å². The van der Waals surface area contributed by atoms with Crippen LogP contribution in [-0.4, -0.2) is 34.7 Å². The van der Waals surface area contributed by atoms with Gasteiger partial charge in [-0.2, -0.15) is 0 Å². The molecule has 2 aliphatic heterocycles. The second kappa shape index (κ2) is 3.82. The molecule has 82 valence electrons. The molecule has 0 saturated carbocycles. The molecule has 0 aromatic rings. The van der Waals surface area contributed by atoms with E-state index < -0.39 is 0 Å². The van der Waals surface area contributed by atoms with E-state index in [2.05, 4.69) is 18.7 Å². The molecular weight excluding hydrogens is 174 g/mol. The predicted molar refractivity (Wildman–Crippen MR) is 58.2 cm³/mol. The van der Waals surface area contributed by atoms with E-state index in [9.17, 15) is 5.11 Å². The van der Waals surface area contributed by atoms with Crippen LogP contribution in [0.1, 0.15) is 46.0 Å². The van der Waals surface area contributed by atoms with Crippen LogP contribution in [0, 0.1) is 5.92 Å². The van der Waals surface area contributed by atoms with Crippen LogP contribution in [0.15, 0.2) is 0 Å². The molecule has 0 radical (unpaired) electrons. The Balaban J connectivity index is 2.02. The van der Waals surface area contributed by atoms with E-state index in [1.807, 2.05) is 0 Å². The number of fused-ring (bicyclic) bond motifs is 1. The van der Waals surface area contributed by atoms with Crippen molar-refractivity contribution in [2.45, 2.75) is 57.6 Å². The van der Waals surface area contributed by atoms with E-state index in [-0.39, 0.29) is 5.60 Å². The molecule has 1 N–H and O–H groups in total. The van der Waals surface area contributed by atoms with Gasteiger partial charge in [0.25, 0.3) is 0 Å². The van der Waals surface area contributed by atoms with E-state index in [0.29, 0.717) is 12.0 Å². The number of hydrogen-bond acceptors (Lipinski definition) is 2. The third-order valence-corrected chi connectivity index (χ3v) is 4.45. The highest BCUT2D eigenvalue weighted by Gasteiger charge is 2.42. The van der Waals surface area contributed by atoms with Gasteiger partial charge in [-0.1, -0.05) is 20.3 Å². The molecule has 0 spiro atoms. The lowest BCUT2D eigenvalue weighted by Crippen LogP contribution is -2.50. The summed E-state index contributed by atoms with van der Waals surface area (Å²) in [5.74, 6) is 0.463. The Morgan fingerprint density at radius 2 is 2.29 bits per heavy atom. The minimum atomic E-state index is -0.361. The van der Waals surface area contributed by atoms with Gasteiger partial charge in [0.05, 0.1) is 5.60 Å². The molecule has 2 rings (SSSR count). The molecule has 2 saturated heterocycles. The maximum atomic E-state index is 10.6. The summed E-state index contributed by atoms with van der Waals surface area (Å²) in [4.78, 5) is 2.57. The smallest absolute Gasteiger partial charge is 0.0700 e. The topological polar surface area (TPSA) is 23.5 Å². The molecular formula is C12H23NO. The molecule has 3 unspecified atom stereocenters. The van der Waals surface area contributed by atoms with Gasteiger partial charge in [-0.25, -0.2) is 0 Å². The summed E-state index contributed by atoms with van der Waals surface area (Å²) >= 11 is 0. The van der Waals surface area contributed by atoms with Gasteiger partial charge < -0.3 is 10.0 Å². The fourth-order valence-electron chi connectivity index (χ4n) is 3.10. The molecule has 0 bridgehead atoms. The Morgan fingerprint density at radius 1 is 1.50 bits per heavy atom. The van der Waals surface area contributed by atoms with Crippen LogP contribution in [0.3, 0.4) is 0 Å². The van der Waals surface area contributed by atoms with Crippen LogP contribution >= 0.6 is 0 Å². The van der Waals surface area contributed by atoms with Gasteiger partial charge in [0.2, 0.25) is 0 Å². The minimum absolute atomic E-state index is 0.361. The van der Waals surface area contributed by atoms with Crippen molar-refractivity contribution in [1.29, 1.82) is 0 Å². The zero-order chi connectivity index (χ0) is 10.2. The lowest BCUT2D eigenvalue weighted by Gasteiger charge is -2.44. The Hall–Kier alpha value is -0.0800. The molecule has 0 amide bonds. The predicted octanol–water partition coefficient (Wildman–Crippen LogP) is 2.02. The zero-order valence-corrected chi connectivity index (χ0v) is 9.50. The summed E-state index contributed by atoms with van der Waals surface area (Å²) < 4.78 is 0. The van der Waals surface area contributed by atoms with Gasteiger partial charge in [-0.3, -0.25) is 0 Å². The quantitative estimate of drug-likeness (QED) is 0.732. The highest BCUT2D eigenvalue weighted by Crippen LogP contribution is 2.38. The standard InChI is InChI=1S/C12H23NO/c1-3-10(2)12(14)6-8-13-7-4-5-11(13)9-12/h10-11,14H,3-9H2,1-2H3. The number of rotatable bonds is 2. The Kier molecular flexibility index (Phi) is 2.85. The SMILES string of the molecule is CCC(C)C1(O)CCN2CCCC2C1. The largest absolute Gasteiger partial charge is 0.390 e. The summed E-state index contributed by atoms with van der Waals surface area (Å²) in [5, 5.41) is 10.6. The second-order valence-corrected chi connectivity index (χ2v) is 5.20. The summed E-state index contributed by atoms with van der Waals surface area (Å²) in [6, 6.07) is 0.683. The fraction of sp³-hybridized carbons (Fsp3) is 1.00. The molecule has 3 atom stereocenters. The number of hydrogen-bond donors (Lipinski definition) is 1. The summed E-state index contributed by atoms with van der Waals surface area (Å²) in [5.41, 5.74) is -0.361. The van der Waals surface area contributed by atoms with Crippen LogP contribution < -0.4 is 0 Å². The molecule has 2 heterocycles. The molecule has 14 heavy (non-hydrogen) atoms. The molecule has 0 aromatic heterocycles. The van der Waals surface area contributed by atoms with Gasteiger partial charge in [0.15, 0.2) is 0 Å². The van der Waals surface area contributed by atoms with Crippen molar-refractivity contribution in [1.82, 2.24) is 4.90 Å². The Labute approximate surface area is 87.3 Å². The van der Waals surface area contributed by atoms with E-state index in [1.54, 1.807) is 0 Å². The van der Waals surface area contributed by atoms with E-state index in [1.165, 1.54) is 19.4 Å². The van der Waals surface area contributed by atoms with Crippen molar-refractivity contribution in [2.75, 3.05) is 13.1 Å². The highest BCUT2D eigenvalue weighted by atomic mass is 16.3. The lowest BCUT2D eigenvalue weighted by atomic mass is 9.76. The van der Waals surface area contributed by atoms with Crippen molar-refractivity contribution in [3.63, 3.8) is 0 Å². The van der Waals surface area contributed by atoms with Crippen LogP contribution in [0.4, 0.5) is 0 Å². The van der Waals surface area contributed by atoms with Crippen LogP contribution in [0.2, 0.25) is 0 Å². The summed E-state index contributed by atoms with van der Waals surface area (Å²) in [6.07, 6.45) is 5.74. The first-order valence-corrected chi connectivity index (χ1v) is 6.12. The third-order valence-electron chi connectivity index (χ3n) is 4.45. The average Bonchev–Trinajstić information content (AvgIpc) is 2.63. The summed E-state index contributed by atoms with van der Waals surface area (Å²) in [6.45, 7) is 6.76. The number of piperidine rings is 1. The summed E-state index contributed by atoms with van der Waals surface area (Å²) in [7, 11) is 0. The van der Waals surface area contributed by atoms with Gasteiger partial charge in [-0.15, -0.1) is 0 Å². The fourth-order valence-corrected chi connectivity index (χ4v) is 3.10. The zero-order valence-electron chi connectivity index (χ0n) is 9.50. The van der Waals surface area contributed by atoms with Crippen molar-refractivity contribution in [2.24, 2.45) is 5.92 Å². The van der Waals surface area contributed by atoms with Crippen LogP contribution in [-0.2, 0) is 0 Å². The normalized spacial score (nSPS) is 40.9. The lowest BCUT2D eigenvalue weighted by molar-refractivity contribution is -0.0750. The van der Waals surface area contributed by atoms with Crippen molar-refractivity contribution in [3.8, 4) is 0 Å². The van der Waals surface area contributed by atoms with Gasteiger partial charge in [-0.05, 0) is 38.1 Å². The van der Waals surface area contributed by atoms with E-state index in [0.717, 1.165) is 25.8 Å².